The van der Waals surface area contributed by atoms with E-state index in [-0.39, 0.29) is 0 Å². The number of nitrogens with two attached hydrogens (primary N) is 1. The van der Waals surface area contributed by atoms with E-state index in [2.05, 4.69) is 12.3 Å². The summed E-state index contributed by atoms with van der Waals surface area (Å²) < 4.78 is 5.68. The van der Waals surface area contributed by atoms with Crippen LogP contribution in [-0.4, -0.2) is 6.61 Å². The molecule has 0 unspecified atom stereocenters. The molecule has 0 atom stereocenters. The molecule has 0 aliphatic heterocycles. The van der Waals surface area contributed by atoms with Crippen molar-refractivity contribution < 1.29 is 4.74 Å². The molecule has 1 aromatic carbocycles. The van der Waals surface area contributed by atoms with E-state index >= 15 is 0 Å². The van der Waals surface area contributed by atoms with Crippen LogP contribution in [0.25, 0.3) is 0 Å². The second kappa shape index (κ2) is 10.7. The van der Waals surface area contributed by atoms with Gasteiger partial charge in [0.15, 0.2) is 0 Å². The number of nitrogens with one attached hydrogen (secondary N) is 1. The molecule has 1 rings (SSSR count). The molecule has 0 aliphatic rings. The Kier molecular flexibility index (Phi) is 8.90. The summed E-state index contributed by atoms with van der Waals surface area (Å²) in [6, 6.07) is 7.73. The second-order valence-corrected chi connectivity index (χ2v) is 4.99. The first-order chi connectivity index (χ1) is 9.36. The predicted octanol–water partition coefficient (Wildman–Crippen LogP) is 4.49. The first-order valence-corrected chi connectivity index (χ1v) is 7.56. The average Bonchev–Trinajstić information content (AvgIpc) is 2.46. The van der Waals surface area contributed by atoms with Gasteiger partial charge in [0.1, 0.15) is 5.75 Å². The van der Waals surface area contributed by atoms with Crippen molar-refractivity contribution in [2.45, 2.75) is 58.3 Å². The Morgan fingerprint density at radius 1 is 0.895 bits per heavy atom. The van der Waals surface area contributed by atoms with Crippen molar-refractivity contribution in [3.8, 4) is 5.75 Å². The van der Waals surface area contributed by atoms with Crippen LogP contribution < -0.4 is 16.0 Å². The fourth-order valence-electron chi connectivity index (χ4n) is 2.07. The zero-order chi connectivity index (χ0) is 13.8. The second-order valence-electron chi connectivity index (χ2n) is 4.99. The third-order valence-electron chi connectivity index (χ3n) is 3.29. The zero-order valence-corrected chi connectivity index (χ0v) is 12.2. The Bertz CT molecular complexity index is 311. The fourth-order valence-corrected chi connectivity index (χ4v) is 2.07. The summed E-state index contributed by atoms with van der Waals surface area (Å²) in [6.45, 7) is 3.07. The van der Waals surface area contributed by atoms with Gasteiger partial charge in [-0.2, -0.15) is 0 Å². The van der Waals surface area contributed by atoms with E-state index in [1.807, 2.05) is 24.3 Å². The first kappa shape index (κ1) is 15.8. The molecule has 3 nitrogen and oxygen atoms in total. The lowest BCUT2D eigenvalue weighted by Crippen LogP contribution is -2.06. The Labute approximate surface area is 117 Å². The smallest absolute Gasteiger partial charge is 0.119 e. The summed E-state index contributed by atoms with van der Waals surface area (Å²) in [6.07, 6.45) is 10.6. The minimum Gasteiger partial charge on any atom is -0.494 e. The van der Waals surface area contributed by atoms with Crippen molar-refractivity contribution in [3.63, 3.8) is 0 Å². The van der Waals surface area contributed by atoms with E-state index in [4.69, 9.17) is 10.6 Å². The van der Waals surface area contributed by atoms with E-state index in [0.29, 0.717) is 0 Å². The van der Waals surface area contributed by atoms with Crippen molar-refractivity contribution in [2.75, 3.05) is 12.0 Å². The van der Waals surface area contributed by atoms with Crippen molar-refractivity contribution >= 4 is 5.69 Å². The van der Waals surface area contributed by atoms with Gasteiger partial charge in [-0.3, -0.25) is 5.84 Å². The van der Waals surface area contributed by atoms with Crippen LogP contribution in [0.4, 0.5) is 5.69 Å². The van der Waals surface area contributed by atoms with Crippen molar-refractivity contribution in [1.29, 1.82) is 0 Å². The van der Waals surface area contributed by atoms with Gasteiger partial charge in [-0.1, -0.05) is 51.9 Å². The van der Waals surface area contributed by atoms with Crippen molar-refractivity contribution in [1.82, 2.24) is 0 Å². The van der Waals surface area contributed by atoms with Crippen molar-refractivity contribution in [3.05, 3.63) is 24.3 Å². The highest BCUT2D eigenvalue weighted by molar-refractivity contribution is 5.45. The number of benzene rings is 1. The van der Waals surface area contributed by atoms with E-state index < -0.39 is 0 Å². The maximum absolute atomic E-state index is 5.68. The molecule has 0 fully saturated rings. The first-order valence-electron chi connectivity index (χ1n) is 7.56. The van der Waals surface area contributed by atoms with E-state index in [0.717, 1.165) is 24.5 Å². The van der Waals surface area contributed by atoms with Gasteiger partial charge in [-0.25, -0.2) is 0 Å². The minimum atomic E-state index is 0.810. The van der Waals surface area contributed by atoms with E-state index in [1.165, 1.54) is 44.9 Å². The molecular formula is C16H28N2O. The lowest BCUT2D eigenvalue weighted by atomic mass is 10.1. The number of nitrogen functional groups attached to an aromatic ring is 1. The predicted molar refractivity (Wildman–Crippen MR) is 82.4 cm³/mol. The van der Waals surface area contributed by atoms with Gasteiger partial charge in [0, 0.05) is 5.69 Å². The summed E-state index contributed by atoms with van der Waals surface area (Å²) in [4.78, 5) is 0. The van der Waals surface area contributed by atoms with Gasteiger partial charge in [-0.05, 0) is 30.7 Å². The molecule has 19 heavy (non-hydrogen) atoms. The number of hydrazine groups is 1. The molecule has 0 saturated carbocycles. The summed E-state index contributed by atoms with van der Waals surface area (Å²) >= 11 is 0. The summed E-state index contributed by atoms with van der Waals surface area (Å²) in [5.41, 5.74) is 3.51. The largest absolute Gasteiger partial charge is 0.494 e. The molecule has 1 aromatic rings. The zero-order valence-electron chi connectivity index (χ0n) is 12.2. The van der Waals surface area contributed by atoms with Gasteiger partial charge >= 0.3 is 0 Å². The number of rotatable bonds is 11. The number of hydrogen-bond donors (Lipinski definition) is 2. The lowest BCUT2D eigenvalue weighted by Gasteiger charge is -2.07. The third kappa shape index (κ3) is 7.73. The van der Waals surface area contributed by atoms with Crippen molar-refractivity contribution in [2.24, 2.45) is 5.84 Å². The van der Waals surface area contributed by atoms with Crippen LogP contribution in [0.5, 0.6) is 5.75 Å². The molecule has 3 N–H and O–H groups in total. The molecule has 0 amide bonds. The van der Waals surface area contributed by atoms with Crippen LogP contribution in [0.2, 0.25) is 0 Å². The molecule has 0 bridgehead atoms. The SMILES string of the molecule is CCCCCCCCCCOc1ccc(NN)cc1. The quantitative estimate of drug-likeness (QED) is 0.351. The highest BCUT2D eigenvalue weighted by atomic mass is 16.5. The summed E-state index contributed by atoms with van der Waals surface area (Å²) in [5, 5.41) is 0. The van der Waals surface area contributed by atoms with Gasteiger partial charge < -0.3 is 10.2 Å². The van der Waals surface area contributed by atoms with E-state index in [1.54, 1.807) is 0 Å². The van der Waals surface area contributed by atoms with Crippen LogP contribution in [0, 0.1) is 0 Å². The maximum Gasteiger partial charge on any atom is 0.119 e. The Hall–Kier alpha value is -1.22. The number of hydrogen-bond acceptors (Lipinski definition) is 3. The molecule has 3 heteroatoms. The lowest BCUT2D eigenvalue weighted by molar-refractivity contribution is 0.304. The normalized spacial score (nSPS) is 10.4. The molecule has 0 aromatic heterocycles. The van der Waals surface area contributed by atoms with Crippen LogP contribution in [0.15, 0.2) is 24.3 Å². The average molecular weight is 264 g/mol. The fraction of sp³-hybridized carbons (Fsp3) is 0.625. The maximum atomic E-state index is 5.68. The molecule has 0 spiro atoms. The Morgan fingerprint density at radius 3 is 2.05 bits per heavy atom. The number of anilines is 1. The monoisotopic (exact) mass is 264 g/mol. The van der Waals surface area contributed by atoms with Crippen LogP contribution in [-0.2, 0) is 0 Å². The topological polar surface area (TPSA) is 47.3 Å². The Balaban J connectivity index is 1.95. The summed E-state index contributed by atoms with van der Waals surface area (Å²) in [7, 11) is 0. The van der Waals surface area contributed by atoms with Gasteiger partial charge in [-0.15, -0.1) is 0 Å². The van der Waals surface area contributed by atoms with Gasteiger partial charge in [0.25, 0.3) is 0 Å². The van der Waals surface area contributed by atoms with Crippen LogP contribution in [0.1, 0.15) is 58.3 Å². The molecule has 0 saturated heterocycles. The van der Waals surface area contributed by atoms with Crippen LogP contribution in [0.3, 0.4) is 0 Å². The van der Waals surface area contributed by atoms with Crippen LogP contribution >= 0.6 is 0 Å². The highest BCUT2D eigenvalue weighted by Crippen LogP contribution is 2.15. The summed E-state index contributed by atoms with van der Waals surface area (Å²) in [5.74, 6) is 6.23. The molecular weight excluding hydrogens is 236 g/mol. The third-order valence-corrected chi connectivity index (χ3v) is 3.29. The highest BCUT2D eigenvalue weighted by Gasteiger charge is 1.95. The number of ether oxygens (including phenoxy) is 1. The van der Waals surface area contributed by atoms with E-state index in [9.17, 15) is 0 Å². The molecule has 0 aliphatic carbocycles. The van der Waals surface area contributed by atoms with Gasteiger partial charge in [0.2, 0.25) is 0 Å². The van der Waals surface area contributed by atoms with Gasteiger partial charge in [0.05, 0.1) is 6.61 Å². The molecule has 108 valence electrons. The molecule has 0 heterocycles. The standard InChI is InChI=1S/C16H28N2O/c1-2-3-4-5-6-7-8-9-14-19-16-12-10-15(18-17)11-13-16/h10-13,18H,2-9,14,17H2,1H3. The Morgan fingerprint density at radius 2 is 1.47 bits per heavy atom. The number of unbranched alkanes of at least 4 members (excludes halogenated alkanes) is 7. The minimum absolute atomic E-state index is 0.810. The molecule has 0 radical (unpaired) electrons.